The number of aromatic nitrogens is 4. The first-order chi connectivity index (χ1) is 27.7. The third-order valence-corrected chi connectivity index (χ3v) is 11.2. The van der Waals surface area contributed by atoms with Gasteiger partial charge in [0.25, 0.3) is 0 Å². The summed E-state index contributed by atoms with van der Waals surface area (Å²) in [6.07, 6.45) is 6.47. The van der Waals surface area contributed by atoms with Crippen LogP contribution < -0.4 is 0 Å². The summed E-state index contributed by atoms with van der Waals surface area (Å²) in [6.45, 7) is 0. The van der Waals surface area contributed by atoms with Crippen molar-refractivity contribution in [2.24, 2.45) is 0 Å². The number of imidazole rings is 2. The maximum absolute atomic E-state index is 5.16. The summed E-state index contributed by atoms with van der Waals surface area (Å²) >= 11 is 0. The number of benzene rings is 8. The molecular formula is C52H36N4. The van der Waals surface area contributed by atoms with Crippen LogP contribution in [-0.4, -0.2) is 19.1 Å². The minimum Gasteiger partial charge on any atom is -0.293 e. The molecule has 0 radical (unpaired) electrons. The quantitative estimate of drug-likeness (QED) is 0.161. The molecule has 0 saturated carbocycles. The van der Waals surface area contributed by atoms with Gasteiger partial charge in [0.05, 0.1) is 22.4 Å². The molecule has 0 spiro atoms. The van der Waals surface area contributed by atoms with Crippen LogP contribution in [0.5, 0.6) is 0 Å². The summed E-state index contributed by atoms with van der Waals surface area (Å²) < 4.78 is 4.55. The van der Waals surface area contributed by atoms with Gasteiger partial charge in [0, 0.05) is 22.5 Å². The molecule has 4 heteroatoms. The second kappa shape index (κ2) is 13.2. The highest BCUT2D eigenvalue weighted by molar-refractivity contribution is 6.10. The first-order valence-corrected chi connectivity index (χ1v) is 19.3. The van der Waals surface area contributed by atoms with Gasteiger partial charge in [0.2, 0.25) is 0 Å². The van der Waals surface area contributed by atoms with Gasteiger partial charge in [-0.05, 0) is 111 Å². The van der Waals surface area contributed by atoms with Gasteiger partial charge in [-0.3, -0.25) is 9.13 Å². The third kappa shape index (κ3) is 5.46. The van der Waals surface area contributed by atoms with Gasteiger partial charge in [-0.15, -0.1) is 0 Å². The Labute approximate surface area is 325 Å². The minimum absolute atomic E-state index is 0.937. The van der Waals surface area contributed by atoms with Crippen LogP contribution in [-0.2, 0) is 6.42 Å². The molecule has 11 rings (SSSR count). The van der Waals surface area contributed by atoms with Crippen LogP contribution in [0.25, 0.3) is 95.1 Å². The molecule has 8 aromatic carbocycles. The molecule has 0 aliphatic heterocycles. The molecular weight excluding hydrogens is 681 g/mol. The Kier molecular flexibility index (Phi) is 7.59. The lowest BCUT2D eigenvalue weighted by molar-refractivity contribution is 0.936. The Morgan fingerprint density at radius 3 is 1.50 bits per heavy atom. The first kappa shape index (κ1) is 32.2. The lowest BCUT2D eigenvalue weighted by Crippen LogP contribution is -2.01. The van der Waals surface area contributed by atoms with Gasteiger partial charge in [0.1, 0.15) is 11.6 Å². The third-order valence-electron chi connectivity index (χ3n) is 11.2. The van der Waals surface area contributed by atoms with Crippen LogP contribution in [0.2, 0.25) is 0 Å². The summed E-state index contributed by atoms with van der Waals surface area (Å²) in [4.78, 5) is 10.2. The summed E-state index contributed by atoms with van der Waals surface area (Å²) in [5.74, 6) is 1.92. The maximum Gasteiger partial charge on any atom is 0.145 e. The van der Waals surface area contributed by atoms with Crippen molar-refractivity contribution in [3.63, 3.8) is 0 Å². The van der Waals surface area contributed by atoms with Gasteiger partial charge >= 0.3 is 0 Å². The lowest BCUT2D eigenvalue weighted by Gasteiger charge is -2.13. The largest absolute Gasteiger partial charge is 0.293 e. The Hall–Kier alpha value is -7.30. The number of rotatable bonds is 6. The second-order valence-corrected chi connectivity index (χ2v) is 14.6. The minimum atomic E-state index is 0.937. The SMILES string of the molecule is C1=Cc2c(nc(-c3ccc(-c4ccc5ccc6ccc(-c7ccc(-c8nc9ccccc9n8-c8ccccc8)cc7)cc6c5c4)cc3)n2-c2ccccc2)CC1. The van der Waals surface area contributed by atoms with E-state index in [4.69, 9.17) is 9.97 Å². The number of allylic oxidation sites excluding steroid dienone is 1. The Morgan fingerprint density at radius 2 is 0.893 bits per heavy atom. The van der Waals surface area contributed by atoms with Crippen molar-refractivity contribution in [2.45, 2.75) is 12.8 Å². The molecule has 0 amide bonds. The molecule has 2 aromatic heterocycles. The fraction of sp³-hybridized carbons (Fsp3) is 0.0385. The number of hydrogen-bond acceptors (Lipinski definition) is 2. The van der Waals surface area contributed by atoms with E-state index in [1.165, 1.54) is 49.5 Å². The van der Waals surface area contributed by atoms with Crippen molar-refractivity contribution >= 4 is 38.7 Å². The Bertz CT molecular complexity index is 3100. The van der Waals surface area contributed by atoms with Crippen molar-refractivity contribution in [3.8, 4) is 56.4 Å². The fourth-order valence-electron chi connectivity index (χ4n) is 8.37. The summed E-state index contributed by atoms with van der Waals surface area (Å²) in [6, 6.07) is 65.3. The van der Waals surface area contributed by atoms with E-state index in [0.29, 0.717) is 0 Å². The van der Waals surface area contributed by atoms with Crippen LogP contribution in [0, 0.1) is 0 Å². The van der Waals surface area contributed by atoms with Crippen LogP contribution in [0.4, 0.5) is 0 Å². The molecule has 4 nitrogen and oxygen atoms in total. The van der Waals surface area contributed by atoms with E-state index in [2.05, 4.69) is 197 Å². The first-order valence-electron chi connectivity index (χ1n) is 19.3. The molecule has 1 aliphatic carbocycles. The Balaban J connectivity index is 0.942. The van der Waals surface area contributed by atoms with Crippen molar-refractivity contribution in [3.05, 3.63) is 199 Å². The predicted octanol–water partition coefficient (Wildman–Crippen LogP) is 13.1. The molecule has 1 aliphatic rings. The number of aryl methyl sites for hydroxylation is 1. The van der Waals surface area contributed by atoms with E-state index in [0.717, 1.165) is 63.7 Å². The van der Waals surface area contributed by atoms with Crippen LogP contribution >= 0.6 is 0 Å². The highest BCUT2D eigenvalue weighted by atomic mass is 15.1. The lowest BCUT2D eigenvalue weighted by atomic mass is 9.94. The summed E-state index contributed by atoms with van der Waals surface area (Å²) in [5.41, 5.74) is 13.6. The van der Waals surface area contributed by atoms with E-state index in [9.17, 15) is 0 Å². The van der Waals surface area contributed by atoms with Gasteiger partial charge in [-0.2, -0.15) is 0 Å². The predicted molar refractivity (Wildman–Crippen MR) is 232 cm³/mol. The van der Waals surface area contributed by atoms with Crippen molar-refractivity contribution in [1.29, 1.82) is 0 Å². The average molecular weight is 717 g/mol. The highest BCUT2D eigenvalue weighted by Gasteiger charge is 2.20. The van der Waals surface area contributed by atoms with E-state index >= 15 is 0 Å². The number of fused-ring (bicyclic) bond motifs is 5. The molecule has 0 saturated heterocycles. The number of hydrogen-bond donors (Lipinski definition) is 0. The number of nitrogens with zero attached hydrogens (tertiary/aromatic N) is 4. The van der Waals surface area contributed by atoms with Crippen LogP contribution in [0.1, 0.15) is 17.8 Å². The molecule has 0 atom stereocenters. The van der Waals surface area contributed by atoms with Gasteiger partial charge < -0.3 is 0 Å². The number of para-hydroxylation sites is 4. The zero-order valence-electron chi connectivity index (χ0n) is 30.7. The molecule has 0 bridgehead atoms. The van der Waals surface area contributed by atoms with Gasteiger partial charge in [-0.25, -0.2) is 9.97 Å². The Morgan fingerprint density at radius 1 is 0.411 bits per heavy atom. The molecule has 0 unspecified atom stereocenters. The maximum atomic E-state index is 5.16. The summed E-state index contributed by atoms with van der Waals surface area (Å²) in [5, 5.41) is 4.96. The van der Waals surface area contributed by atoms with E-state index in [-0.39, 0.29) is 0 Å². The standard InChI is InChI=1S/C52H36N4/c1-3-11-43(12-4-1)55-49-17-9-7-15-47(49)53-51(55)39-27-19-35(20-28-39)41-31-25-37-23-24-38-26-32-42(34-46(38)45(37)33-41)36-21-29-40(30-22-36)52-54-48-16-8-10-18-50(48)56(52)44-13-5-2-6-14-44/h1-7,9-15,17-34H,8,16H2. The molecule has 0 N–H and O–H groups in total. The smallest absolute Gasteiger partial charge is 0.145 e. The molecule has 10 aromatic rings. The van der Waals surface area contributed by atoms with Crippen molar-refractivity contribution in [1.82, 2.24) is 19.1 Å². The molecule has 264 valence electrons. The molecule has 2 heterocycles. The topological polar surface area (TPSA) is 35.6 Å². The van der Waals surface area contributed by atoms with E-state index < -0.39 is 0 Å². The zero-order valence-corrected chi connectivity index (χ0v) is 30.7. The average Bonchev–Trinajstić information content (AvgIpc) is 3.86. The monoisotopic (exact) mass is 716 g/mol. The van der Waals surface area contributed by atoms with Crippen molar-refractivity contribution < 1.29 is 0 Å². The van der Waals surface area contributed by atoms with Crippen LogP contribution in [0.3, 0.4) is 0 Å². The van der Waals surface area contributed by atoms with Crippen molar-refractivity contribution in [2.75, 3.05) is 0 Å². The van der Waals surface area contributed by atoms with E-state index in [1.807, 2.05) is 6.07 Å². The second-order valence-electron chi connectivity index (χ2n) is 14.6. The summed E-state index contributed by atoms with van der Waals surface area (Å²) in [7, 11) is 0. The van der Waals surface area contributed by atoms with Gasteiger partial charge in [-0.1, -0.05) is 140 Å². The fourth-order valence-corrected chi connectivity index (χ4v) is 8.37. The van der Waals surface area contributed by atoms with Crippen LogP contribution in [0.15, 0.2) is 188 Å². The normalized spacial score (nSPS) is 12.4. The highest BCUT2D eigenvalue weighted by Crippen LogP contribution is 2.36. The van der Waals surface area contributed by atoms with E-state index in [1.54, 1.807) is 0 Å². The molecule has 56 heavy (non-hydrogen) atoms. The van der Waals surface area contributed by atoms with Gasteiger partial charge in [0.15, 0.2) is 0 Å². The molecule has 0 fully saturated rings. The zero-order chi connectivity index (χ0) is 37.0.